The largest absolute Gasteiger partial charge is 0.388 e. The molecule has 0 fully saturated rings. The Morgan fingerprint density at radius 2 is 2.27 bits per heavy atom. The summed E-state index contributed by atoms with van der Waals surface area (Å²) in [5, 5.41) is 3.13. The van der Waals surface area contributed by atoms with Gasteiger partial charge in [0.2, 0.25) is 0 Å². The van der Waals surface area contributed by atoms with Crippen molar-refractivity contribution in [2.24, 2.45) is 0 Å². The standard InChI is InChI=1S/C12H15N3/c1-3-15-8-7-14-12(15)10-5-4-6-11(9-10)13-2/h4-9,13H,3H2,1-2H3. The molecule has 0 aliphatic rings. The first-order valence-electron chi connectivity index (χ1n) is 5.14. The predicted octanol–water partition coefficient (Wildman–Crippen LogP) is 2.61. The normalized spacial score (nSPS) is 10.3. The van der Waals surface area contributed by atoms with Crippen LogP contribution in [-0.2, 0) is 6.54 Å². The summed E-state index contributed by atoms with van der Waals surface area (Å²) in [6, 6.07) is 8.27. The van der Waals surface area contributed by atoms with Crippen LogP contribution in [0.3, 0.4) is 0 Å². The summed E-state index contributed by atoms with van der Waals surface area (Å²) in [5.41, 5.74) is 2.26. The average Bonchev–Trinajstić information content (AvgIpc) is 2.77. The number of hydrogen-bond acceptors (Lipinski definition) is 2. The Hall–Kier alpha value is -1.77. The van der Waals surface area contributed by atoms with Crippen molar-refractivity contribution in [1.29, 1.82) is 0 Å². The highest BCUT2D eigenvalue weighted by Crippen LogP contribution is 2.20. The van der Waals surface area contributed by atoms with E-state index in [1.165, 1.54) is 0 Å². The van der Waals surface area contributed by atoms with E-state index >= 15 is 0 Å². The minimum atomic E-state index is 0.944. The van der Waals surface area contributed by atoms with E-state index < -0.39 is 0 Å². The number of benzene rings is 1. The molecule has 2 aromatic rings. The van der Waals surface area contributed by atoms with Crippen LogP contribution in [0.15, 0.2) is 36.7 Å². The minimum absolute atomic E-state index is 0.944. The monoisotopic (exact) mass is 201 g/mol. The van der Waals surface area contributed by atoms with Crippen LogP contribution in [0.2, 0.25) is 0 Å². The van der Waals surface area contributed by atoms with Gasteiger partial charge in [-0.1, -0.05) is 12.1 Å². The molecule has 15 heavy (non-hydrogen) atoms. The lowest BCUT2D eigenvalue weighted by Gasteiger charge is -2.06. The van der Waals surface area contributed by atoms with Crippen molar-refractivity contribution in [3.8, 4) is 11.4 Å². The first kappa shape index (κ1) is 9.77. The lowest BCUT2D eigenvalue weighted by molar-refractivity contribution is 0.771. The van der Waals surface area contributed by atoms with Crippen molar-refractivity contribution in [2.45, 2.75) is 13.5 Å². The van der Waals surface area contributed by atoms with Gasteiger partial charge in [-0.25, -0.2) is 4.98 Å². The average molecular weight is 201 g/mol. The van der Waals surface area contributed by atoms with E-state index in [0.717, 1.165) is 23.6 Å². The summed E-state index contributed by atoms with van der Waals surface area (Å²) in [5.74, 6) is 1.02. The molecular weight excluding hydrogens is 186 g/mol. The van der Waals surface area contributed by atoms with E-state index in [1.807, 2.05) is 31.6 Å². The van der Waals surface area contributed by atoms with Crippen LogP contribution in [0.4, 0.5) is 5.69 Å². The number of aryl methyl sites for hydroxylation is 1. The third kappa shape index (κ3) is 1.86. The van der Waals surface area contributed by atoms with Crippen LogP contribution in [0.25, 0.3) is 11.4 Å². The fourth-order valence-electron chi connectivity index (χ4n) is 1.64. The fraction of sp³-hybridized carbons (Fsp3) is 0.250. The van der Waals surface area contributed by atoms with Gasteiger partial charge in [-0.05, 0) is 19.1 Å². The number of nitrogens with one attached hydrogen (secondary N) is 1. The molecule has 1 aromatic heterocycles. The zero-order valence-corrected chi connectivity index (χ0v) is 9.07. The van der Waals surface area contributed by atoms with Gasteiger partial charge >= 0.3 is 0 Å². The summed E-state index contributed by atoms with van der Waals surface area (Å²) >= 11 is 0. The molecule has 0 bridgehead atoms. The third-order valence-corrected chi connectivity index (χ3v) is 2.47. The van der Waals surface area contributed by atoms with E-state index in [-0.39, 0.29) is 0 Å². The second-order valence-corrected chi connectivity index (χ2v) is 3.37. The van der Waals surface area contributed by atoms with E-state index in [9.17, 15) is 0 Å². The lowest BCUT2D eigenvalue weighted by Crippen LogP contribution is -1.96. The molecule has 0 saturated carbocycles. The second-order valence-electron chi connectivity index (χ2n) is 3.37. The number of aromatic nitrogens is 2. The first-order chi connectivity index (χ1) is 7.35. The molecule has 78 valence electrons. The quantitative estimate of drug-likeness (QED) is 0.827. The molecule has 0 unspecified atom stereocenters. The van der Waals surface area contributed by atoms with Crippen LogP contribution >= 0.6 is 0 Å². The van der Waals surface area contributed by atoms with Gasteiger partial charge in [-0.3, -0.25) is 0 Å². The Kier molecular flexibility index (Phi) is 2.72. The van der Waals surface area contributed by atoms with Gasteiger partial charge in [0.05, 0.1) is 0 Å². The van der Waals surface area contributed by atoms with E-state index in [0.29, 0.717) is 0 Å². The molecule has 3 heteroatoms. The van der Waals surface area contributed by atoms with Gasteiger partial charge in [-0.15, -0.1) is 0 Å². The summed E-state index contributed by atoms with van der Waals surface area (Å²) in [4.78, 5) is 4.37. The van der Waals surface area contributed by atoms with Crippen LogP contribution in [-0.4, -0.2) is 16.6 Å². The number of rotatable bonds is 3. The second kappa shape index (κ2) is 4.17. The maximum Gasteiger partial charge on any atom is 0.139 e. The Morgan fingerprint density at radius 1 is 1.40 bits per heavy atom. The molecule has 0 aliphatic carbocycles. The summed E-state index contributed by atoms with van der Waals surface area (Å²) in [6.45, 7) is 3.06. The Labute approximate surface area is 89.8 Å². The van der Waals surface area contributed by atoms with Crippen molar-refractivity contribution >= 4 is 5.69 Å². The van der Waals surface area contributed by atoms with Crippen LogP contribution < -0.4 is 5.32 Å². The highest BCUT2D eigenvalue weighted by molar-refractivity contribution is 5.62. The van der Waals surface area contributed by atoms with Gasteiger partial charge < -0.3 is 9.88 Å². The Bertz CT molecular complexity index is 446. The van der Waals surface area contributed by atoms with Crippen molar-refractivity contribution in [2.75, 3.05) is 12.4 Å². The molecule has 0 radical (unpaired) electrons. The van der Waals surface area contributed by atoms with Gasteiger partial charge in [0.15, 0.2) is 0 Å². The summed E-state index contributed by atoms with van der Waals surface area (Å²) in [7, 11) is 1.92. The minimum Gasteiger partial charge on any atom is -0.388 e. The topological polar surface area (TPSA) is 29.9 Å². The van der Waals surface area contributed by atoms with Crippen molar-refractivity contribution in [1.82, 2.24) is 9.55 Å². The van der Waals surface area contributed by atoms with Gasteiger partial charge in [-0.2, -0.15) is 0 Å². The van der Waals surface area contributed by atoms with Crippen LogP contribution in [0.5, 0.6) is 0 Å². The molecule has 0 aliphatic heterocycles. The Morgan fingerprint density at radius 3 is 3.00 bits per heavy atom. The summed E-state index contributed by atoms with van der Waals surface area (Å²) in [6.07, 6.45) is 3.84. The smallest absolute Gasteiger partial charge is 0.139 e. The van der Waals surface area contributed by atoms with Crippen LogP contribution in [0.1, 0.15) is 6.92 Å². The zero-order chi connectivity index (χ0) is 10.7. The maximum atomic E-state index is 4.37. The molecule has 1 heterocycles. The molecule has 2 rings (SSSR count). The highest BCUT2D eigenvalue weighted by Gasteiger charge is 2.04. The molecule has 3 nitrogen and oxygen atoms in total. The highest BCUT2D eigenvalue weighted by atomic mass is 15.1. The van der Waals surface area contributed by atoms with Crippen molar-refractivity contribution in [3.63, 3.8) is 0 Å². The SMILES string of the molecule is CCn1ccnc1-c1cccc(NC)c1. The third-order valence-electron chi connectivity index (χ3n) is 2.47. The Balaban J connectivity index is 2.44. The van der Waals surface area contributed by atoms with Gasteiger partial charge in [0.25, 0.3) is 0 Å². The summed E-state index contributed by atoms with van der Waals surface area (Å²) < 4.78 is 2.13. The molecular formula is C12H15N3. The van der Waals surface area contributed by atoms with Gasteiger partial charge in [0, 0.05) is 37.2 Å². The number of nitrogens with zero attached hydrogens (tertiary/aromatic N) is 2. The zero-order valence-electron chi connectivity index (χ0n) is 9.07. The molecule has 0 saturated heterocycles. The molecule has 1 aromatic carbocycles. The number of imidazole rings is 1. The molecule has 0 amide bonds. The van der Waals surface area contributed by atoms with Crippen molar-refractivity contribution < 1.29 is 0 Å². The number of anilines is 1. The lowest BCUT2D eigenvalue weighted by atomic mass is 10.2. The van der Waals surface area contributed by atoms with E-state index in [4.69, 9.17) is 0 Å². The predicted molar refractivity (Wildman–Crippen MR) is 62.9 cm³/mol. The van der Waals surface area contributed by atoms with E-state index in [1.54, 1.807) is 0 Å². The van der Waals surface area contributed by atoms with E-state index in [2.05, 4.69) is 33.9 Å². The fourth-order valence-corrected chi connectivity index (χ4v) is 1.64. The first-order valence-corrected chi connectivity index (χ1v) is 5.14. The van der Waals surface area contributed by atoms with Crippen molar-refractivity contribution in [3.05, 3.63) is 36.7 Å². The molecule has 1 N–H and O–H groups in total. The maximum absolute atomic E-state index is 4.37. The van der Waals surface area contributed by atoms with Crippen LogP contribution in [0, 0.1) is 0 Å². The molecule has 0 spiro atoms. The van der Waals surface area contributed by atoms with Gasteiger partial charge in [0.1, 0.15) is 5.82 Å². The number of hydrogen-bond donors (Lipinski definition) is 1. The molecule has 0 atom stereocenters.